The van der Waals surface area contributed by atoms with E-state index in [1.54, 1.807) is 0 Å². The van der Waals surface area contributed by atoms with Crippen LogP contribution in [0.2, 0.25) is 0 Å². The van der Waals surface area contributed by atoms with Gasteiger partial charge in [0, 0.05) is 25.7 Å². The van der Waals surface area contributed by atoms with Crippen LogP contribution in [-0.2, 0) is 29.6 Å². The fraction of sp³-hybridized carbons (Fsp3) is 0.500. The molecule has 2 fully saturated rings. The van der Waals surface area contributed by atoms with Crippen LogP contribution in [0.5, 0.6) is 0 Å². The van der Waals surface area contributed by atoms with Crippen LogP contribution in [0.15, 0.2) is 0 Å². The highest BCUT2D eigenvalue weighted by atomic mass is 32.3. The van der Waals surface area contributed by atoms with E-state index >= 15 is 0 Å². The molecular weight excluding hydrogens is 284 g/mol. The Hall–Kier alpha value is -1.85. The standard InChI is InChI=1S/2C4H5NO2.H2O4S/c2*6-3-1-2-4(7)5-3;1-5(2,3)4/h2*1-2H2,(H,5,6,7);(H2,1,2,3,4). The summed E-state index contributed by atoms with van der Waals surface area (Å²) in [7, 11) is -4.67. The molecule has 108 valence electrons. The second-order valence-corrected chi connectivity index (χ2v) is 4.29. The molecule has 0 aliphatic carbocycles. The van der Waals surface area contributed by atoms with Gasteiger partial charge in [-0.1, -0.05) is 0 Å². The van der Waals surface area contributed by atoms with Gasteiger partial charge in [-0.15, -0.1) is 0 Å². The Morgan fingerprint density at radius 2 is 0.842 bits per heavy atom. The van der Waals surface area contributed by atoms with E-state index in [1.165, 1.54) is 0 Å². The van der Waals surface area contributed by atoms with Gasteiger partial charge in [-0.2, -0.15) is 8.42 Å². The third-order valence-corrected chi connectivity index (χ3v) is 1.72. The number of rotatable bonds is 0. The summed E-state index contributed by atoms with van der Waals surface area (Å²) in [6.45, 7) is 0. The van der Waals surface area contributed by atoms with Crippen molar-refractivity contribution < 1.29 is 36.7 Å². The van der Waals surface area contributed by atoms with Crippen LogP contribution in [0.1, 0.15) is 25.7 Å². The molecule has 0 bridgehead atoms. The minimum absolute atomic E-state index is 0.148. The monoisotopic (exact) mass is 296 g/mol. The summed E-state index contributed by atoms with van der Waals surface area (Å²) in [6, 6.07) is 0. The number of hydrogen-bond acceptors (Lipinski definition) is 6. The average molecular weight is 296 g/mol. The Labute approximate surface area is 108 Å². The highest BCUT2D eigenvalue weighted by Gasteiger charge is 2.16. The van der Waals surface area contributed by atoms with Crippen LogP contribution in [0.25, 0.3) is 0 Å². The molecule has 0 radical (unpaired) electrons. The largest absolute Gasteiger partial charge is 0.394 e. The van der Waals surface area contributed by atoms with Crippen molar-refractivity contribution in [2.45, 2.75) is 25.7 Å². The summed E-state index contributed by atoms with van der Waals surface area (Å²) in [5.41, 5.74) is 0. The van der Waals surface area contributed by atoms with Crippen LogP contribution in [0.3, 0.4) is 0 Å². The van der Waals surface area contributed by atoms with Crippen molar-refractivity contribution in [1.82, 2.24) is 10.6 Å². The highest BCUT2D eigenvalue weighted by molar-refractivity contribution is 7.79. The Balaban J connectivity index is 0.000000261. The molecule has 2 aliphatic heterocycles. The van der Waals surface area contributed by atoms with Gasteiger partial charge in [0.25, 0.3) is 0 Å². The van der Waals surface area contributed by atoms with Crippen LogP contribution in [-0.4, -0.2) is 41.2 Å². The van der Waals surface area contributed by atoms with Crippen molar-refractivity contribution in [3.05, 3.63) is 0 Å². The van der Waals surface area contributed by atoms with Crippen LogP contribution >= 0.6 is 0 Å². The van der Waals surface area contributed by atoms with E-state index in [1.807, 2.05) is 0 Å². The first-order valence-electron chi connectivity index (χ1n) is 4.93. The predicted molar refractivity (Wildman–Crippen MR) is 58.9 cm³/mol. The Kier molecular flexibility index (Phi) is 6.82. The average Bonchev–Trinajstić information content (AvgIpc) is 2.74. The summed E-state index contributed by atoms with van der Waals surface area (Å²) in [5, 5.41) is 4.28. The molecule has 11 heteroatoms. The molecule has 2 rings (SSSR count). The van der Waals surface area contributed by atoms with Crippen molar-refractivity contribution in [3.63, 3.8) is 0 Å². The fourth-order valence-corrected chi connectivity index (χ4v) is 1.02. The summed E-state index contributed by atoms with van der Waals surface area (Å²) < 4.78 is 31.6. The zero-order valence-electron chi connectivity index (χ0n) is 9.58. The van der Waals surface area contributed by atoms with Crippen molar-refractivity contribution in [2.75, 3.05) is 0 Å². The highest BCUT2D eigenvalue weighted by Crippen LogP contribution is 1.96. The number of imide groups is 2. The van der Waals surface area contributed by atoms with E-state index < -0.39 is 10.4 Å². The lowest BCUT2D eigenvalue weighted by molar-refractivity contribution is -0.126. The maximum atomic E-state index is 10.1. The molecule has 0 unspecified atom stereocenters. The SMILES string of the molecule is O=C1CCC(=O)N1.O=C1CCC(=O)N1.O=S(=O)(O)O. The molecule has 0 spiro atoms. The van der Waals surface area contributed by atoms with Crippen LogP contribution in [0, 0.1) is 0 Å². The lowest BCUT2D eigenvalue weighted by atomic mass is 10.4. The molecule has 4 amide bonds. The Morgan fingerprint density at radius 1 is 0.684 bits per heavy atom. The summed E-state index contributed by atoms with van der Waals surface area (Å²) >= 11 is 0. The van der Waals surface area contributed by atoms with Crippen molar-refractivity contribution in [3.8, 4) is 0 Å². The first-order valence-corrected chi connectivity index (χ1v) is 6.33. The summed E-state index contributed by atoms with van der Waals surface area (Å²) in [5.74, 6) is -0.593. The van der Waals surface area contributed by atoms with Gasteiger partial charge in [0.2, 0.25) is 23.6 Å². The molecule has 2 aliphatic rings. The third kappa shape index (κ3) is 12.4. The lowest BCUT2D eigenvalue weighted by Crippen LogP contribution is -2.18. The normalized spacial score (nSPS) is 17.8. The molecule has 10 nitrogen and oxygen atoms in total. The molecule has 0 aromatic rings. The first-order chi connectivity index (χ1) is 8.58. The van der Waals surface area contributed by atoms with Crippen LogP contribution < -0.4 is 10.6 Å². The van der Waals surface area contributed by atoms with Gasteiger partial charge in [-0.05, 0) is 0 Å². The summed E-state index contributed by atoms with van der Waals surface area (Å²) in [4.78, 5) is 40.5. The molecule has 0 aromatic carbocycles. The van der Waals surface area contributed by atoms with E-state index in [9.17, 15) is 19.2 Å². The fourth-order valence-electron chi connectivity index (χ4n) is 1.02. The predicted octanol–water partition coefficient (Wildman–Crippen LogP) is -1.81. The van der Waals surface area contributed by atoms with E-state index in [2.05, 4.69) is 10.6 Å². The molecule has 2 saturated heterocycles. The second-order valence-electron chi connectivity index (χ2n) is 3.39. The van der Waals surface area contributed by atoms with E-state index in [0.29, 0.717) is 25.7 Å². The van der Waals surface area contributed by atoms with Crippen molar-refractivity contribution >= 4 is 34.0 Å². The van der Waals surface area contributed by atoms with E-state index in [0.717, 1.165) is 0 Å². The van der Waals surface area contributed by atoms with Gasteiger partial charge in [0.1, 0.15) is 0 Å². The van der Waals surface area contributed by atoms with E-state index in [-0.39, 0.29) is 23.6 Å². The molecule has 2 heterocycles. The van der Waals surface area contributed by atoms with Crippen LogP contribution in [0.4, 0.5) is 0 Å². The Morgan fingerprint density at radius 3 is 0.895 bits per heavy atom. The smallest absolute Gasteiger partial charge is 0.296 e. The topological polar surface area (TPSA) is 167 Å². The number of nitrogens with one attached hydrogen (secondary N) is 2. The molecular formula is C8H12N2O8S. The first kappa shape index (κ1) is 17.2. The molecule has 19 heavy (non-hydrogen) atoms. The summed E-state index contributed by atoms with van der Waals surface area (Å²) in [6.07, 6.45) is 1.50. The van der Waals surface area contributed by atoms with Gasteiger partial charge in [0.05, 0.1) is 0 Å². The maximum Gasteiger partial charge on any atom is 0.394 e. The second kappa shape index (κ2) is 7.56. The molecule has 4 N–H and O–H groups in total. The Bertz CT molecular complexity index is 417. The van der Waals surface area contributed by atoms with Gasteiger partial charge in [-0.3, -0.25) is 38.9 Å². The van der Waals surface area contributed by atoms with E-state index in [4.69, 9.17) is 17.5 Å². The number of carbonyl (C=O) groups excluding carboxylic acids is 4. The zero-order chi connectivity index (χ0) is 15.1. The minimum Gasteiger partial charge on any atom is -0.296 e. The van der Waals surface area contributed by atoms with Gasteiger partial charge < -0.3 is 0 Å². The quantitative estimate of drug-likeness (QED) is 0.300. The maximum absolute atomic E-state index is 10.1. The third-order valence-electron chi connectivity index (χ3n) is 1.72. The molecule has 0 saturated carbocycles. The number of amides is 4. The van der Waals surface area contributed by atoms with Crippen molar-refractivity contribution in [1.29, 1.82) is 0 Å². The molecule has 0 aromatic heterocycles. The van der Waals surface area contributed by atoms with Gasteiger partial charge in [0.15, 0.2) is 0 Å². The van der Waals surface area contributed by atoms with Crippen molar-refractivity contribution in [2.24, 2.45) is 0 Å². The number of hydrogen-bond donors (Lipinski definition) is 4. The lowest BCUT2D eigenvalue weighted by Gasteiger charge is -1.79. The van der Waals surface area contributed by atoms with Gasteiger partial charge in [-0.25, -0.2) is 0 Å². The minimum atomic E-state index is -4.67. The van der Waals surface area contributed by atoms with Gasteiger partial charge >= 0.3 is 10.4 Å². The zero-order valence-corrected chi connectivity index (χ0v) is 10.4. The number of carbonyl (C=O) groups is 4. The molecule has 0 atom stereocenters.